The third-order valence-corrected chi connectivity index (χ3v) is 2.57. The van der Waals surface area contributed by atoms with Gasteiger partial charge in [0, 0.05) is 26.0 Å². The summed E-state index contributed by atoms with van der Waals surface area (Å²) in [6.45, 7) is 3.47. The third-order valence-electron chi connectivity index (χ3n) is 2.57. The average molecular weight is 240 g/mol. The fourth-order valence-electron chi connectivity index (χ4n) is 1.56. The van der Waals surface area contributed by atoms with Crippen LogP contribution in [0.5, 0.6) is 0 Å². The zero-order valence-electron chi connectivity index (χ0n) is 10.1. The molecule has 0 aromatic carbocycles. The van der Waals surface area contributed by atoms with Crippen molar-refractivity contribution in [2.45, 2.75) is 26.3 Å². The highest BCUT2D eigenvalue weighted by Gasteiger charge is 2.15. The van der Waals surface area contributed by atoms with E-state index in [1.807, 2.05) is 0 Å². The Labute approximate surface area is 98.2 Å². The molecule has 94 valence electrons. The summed E-state index contributed by atoms with van der Waals surface area (Å²) < 4.78 is 5.95. The second-order valence-corrected chi connectivity index (χ2v) is 3.87. The summed E-state index contributed by atoms with van der Waals surface area (Å²) >= 11 is 0. The smallest absolute Gasteiger partial charge is 0.328 e. The van der Waals surface area contributed by atoms with E-state index in [1.165, 1.54) is 6.92 Å². The van der Waals surface area contributed by atoms with Gasteiger partial charge in [-0.15, -0.1) is 0 Å². The van der Waals surface area contributed by atoms with Crippen LogP contribution >= 0.6 is 0 Å². The summed E-state index contributed by atoms with van der Waals surface area (Å²) in [6, 6.07) is -0.314. The van der Waals surface area contributed by atoms with Crippen LogP contribution in [0, 0.1) is 0 Å². The van der Waals surface area contributed by atoms with Crippen LogP contribution in [0.1, 0.15) is 36.7 Å². The molecule has 0 bridgehead atoms. The normalized spacial score (nSPS) is 12.4. The Bertz CT molecular complexity index is 515. The number of nitrogens with one attached hydrogen (secondary N) is 1. The number of hydrogen-bond donors (Lipinski definition) is 1. The first-order chi connectivity index (χ1) is 7.99. The third kappa shape index (κ3) is 2.91. The summed E-state index contributed by atoms with van der Waals surface area (Å²) in [5.41, 5.74) is -1.07. The highest BCUT2D eigenvalue weighted by atomic mass is 16.5. The monoisotopic (exact) mass is 240 g/mol. The number of H-pyrrole nitrogens is 1. The number of carbonyl (C=O) groups is 1. The van der Waals surface area contributed by atoms with Gasteiger partial charge in [-0.05, 0) is 20.3 Å². The van der Waals surface area contributed by atoms with Crippen molar-refractivity contribution in [2.75, 3.05) is 13.7 Å². The first-order valence-corrected chi connectivity index (χ1v) is 5.33. The molecule has 1 rings (SSSR count). The topological polar surface area (TPSA) is 81.2 Å². The minimum absolute atomic E-state index is 0.00568. The van der Waals surface area contributed by atoms with Crippen LogP contribution in [0.15, 0.2) is 15.8 Å². The molecule has 0 saturated heterocycles. The van der Waals surface area contributed by atoms with E-state index in [9.17, 15) is 14.4 Å². The van der Waals surface area contributed by atoms with Gasteiger partial charge in [-0.1, -0.05) is 0 Å². The van der Waals surface area contributed by atoms with Crippen molar-refractivity contribution in [1.29, 1.82) is 0 Å². The molecule has 0 spiro atoms. The summed E-state index contributed by atoms with van der Waals surface area (Å²) in [5.74, 6) is -0.362. The zero-order chi connectivity index (χ0) is 13.0. The van der Waals surface area contributed by atoms with Crippen LogP contribution < -0.4 is 11.2 Å². The molecule has 6 heteroatoms. The van der Waals surface area contributed by atoms with Crippen LogP contribution in [0.2, 0.25) is 0 Å². The Hall–Kier alpha value is -1.69. The largest absolute Gasteiger partial charge is 0.385 e. The minimum atomic E-state index is -0.551. The number of carbonyl (C=O) groups excluding carboxylic acids is 1. The Balaban J connectivity index is 3.23. The van der Waals surface area contributed by atoms with Crippen LogP contribution in [0.3, 0.4) is 0 Å². The van der Waals surface area contributed by atoms with E-state index < -0.39 is 11.2 Å². The van der Waals surface area contributed by atoms with Gasteiger partial charge in [0.15, 0.2) is 5.78 Å². The number of nitrogens with zero attached hydrogens (tertiary/aromatic N) is 1. The molecule has 1 heterocycles. The van der Waals surface area contributed by atoms with Gasteiger partial charge in [0.1, 0.15) is 0 Å². The maximum atomic E-state index is 11.9. The molecule has 1 aromatic heterocycles. The molecule has 0 amide bonds. The molecular weight excluding hydrogens is 224 g/mol. The van der Waals surface area contributed by atoms with Crippen molar-refractivity contribution >= 4 is 5.78 Å². The van der Waals surface area contributed by atoms with Crippen molar-refractivity contribution < 1.29 is 9.53 Å². The van der Waals surface area contributed by atoms with Crippen molar-refractivity contribution in [3.63, 3.8) is 0 Å². The molecule has 1 N–H and O–H groups in total. The molecule has 0 aliphatic carbocycles. The first-order valence-electron chi connectivity index (χ1n) is 5.33. The van der Waals surface area contributed by atoms with Gasteiger partial charge >= 0.3 is 5.69 Å². The predicted molar refractivity (Wildman–Crippen MR) is 62.5 cm³/mol. The molecule has 6 nitrogen and oxygen atoms in total. The molecule has 0 fully saturated rings. The molecule has 0 saturated carbocycles. The number of ether oxygens (including phenoxy) is 1. The molecule has 17 heavy (non-hydrogen) atoms. The maximum absolute atomic E-state index is 11.9. The number of aromatic amines is 1. The SMILES string of the molecule is COCCC(C)n1c(=O)[nH]cc(C(C)=O)c1=O. The van der Waals surface area contributed by atoms with E-state index in [4.69, 9.17) is 4.74 Å². The summed E-state index contributed by atoms with van der Waals surface area (Å²) in [5, 5.41) is 0. The number of rotatable bonds is 5. The van der Waals surface area contributed by atoms with Crippen molar-refractivity contribution in [2.24, 2.45) is 0 Å². The van der Waals surface area contributed by atoms with Gasteiger partial charge in [-0.25, -0.2) is 4.79 Å². The summed E-state index contributed by atoms with van der Waals surface area (Å²) in [7, 11) is 1.55. The van der Waals surface area contributed by atoms with Gasteiger partial charge in [-0.2, -0.15) is 0 Å². The van der Waals surface area contributed by atoms with Crippen molar-refractivity contribution in [3.8, 4) is 0 Å². The lowest BCUT2D eigenvalue weighted by Gasteiger charge is -2.13. The van der Waals surface area contributed by atoms with Crippen LogP contribution in [-0.2, 0) is 4.74 Å². The predicted octanol–water partition coefficient (Wildman–Crippen LogP) is 0.337. The Morgan fingerprint density at radius 2 is 2.18 bits per heavy atom. The molecule has 1 atom stereocenters. The maximum Gasteiger partial charge on any atom is 0.328 e. The van der Waals surface area contributed by atoms with Crippen molar-refractivity contribution in [1.82, 2.24) is 9.55 Å². The zero-order valence-corrected chi connectivity index (χ0v) is 10.1. The molecule has 0 aliphatic heterocycles. The lowest BCUT2D eigenvalue weighted by molar-refractivity contribution is 0.101. The second-order valence-electron chi connectivity index (χ2n) is 3.87. The first kappa shape index (κ1) is 13.4. The summed E-state index contributed by atoms with van der Waals surface area (Å²) in [4.78, 5) is 37.1. The lowest BCUT2D eigenvalue weighted by atomic mass is 10.2. The molecule has 1 unspecified atom stereocenters. The number of methoxy groups -OCH3 is 1. The van der Waals surface area contributed by atoms with E-state index in [0.29, 0.717) is 13.0 Å². The number of ketones is 1. The van der Waals surface area contributed by atoms with Crippen LogP contribution in [0.4, 0.5) is 0 Å². The molecule has 0 radical (unpaired) electrons. The number of hydrogen-bond acceptors (Lipinski definition) is 4. The van der Waals surface area contributed by atoms with Gasteiger partial charge in [0.2, 0.25) is 0 Å². The quantitative estimate of drug-likeness (QED) is 0.752. The van der Waals surface area contributed by atoms with Crippen LogP contribution in [-0.4, -0.2) is 29.1 Å². The van der Waals surface area contributed by atoms with E-state index in [-0.39, 0.29) is 17.4 Å². The molecular formula is C11H16N2O4. The highest BCUT2D eigenvalue weighted by Crippen LogP contribution is 2.05. The van der Waals surface area contributed by atoms with Gasteiger partial charge < -0.3 is 9.72 Å². The van der Waals surface area contributed by atoms with Gasteiger partial charge in [-0.3, -0.25) is 14.2 Å². The van der Waals surface area contributed by atoms with E-state index in [2.05, 4.69) is 4.98 Å². The molecule has 0 aliphatic rings. The van der Waals surface area contributed by atoms with Crippen LogP contribution in [0.25, 0.3) is 0 Å². The number of Topliss-reactive ketones (excluding diaryl/α,β-unsaturated/α-hetero) is 1. The highest BCUT2D eigenvalue weighted by molar-refractivity contribution is 5.93. The van der Waals surface area contributed by atoms with Crippen molar-refractivity contribution in [3.05, 3.63) is 32.6 Å². The van der Waals surface area contributed by atoms with Gasteiger partial charge in [0.25, 0.3) is 5.56 Å². The standard InChI is InChI=1S/C11H16N2O4/c1-7(4-5-17-3)13-10(15)9(8(2)14)6-12-11(13)16/h6-7H,4-5H2,1-3H3,(H,12,16). The Kier molecular flexibility index (Phi) is 4.39. The minimum Gasteiger partial charge on any atom is -0.385 e. The average Bonchev–Trinajstić information content (AvgIpc) is 2.25. The Morgan fingerprint density at radius 3 is 2.71 bits per heavy atom. The fourth-order valence-corrected chi connectivity index (χ4v) is 1.56. The van der Waals surface area contributed by atoms with E-state index in [1.54, 1.807) is 14.0 Å². The lowest BCUT2D eigenvalue weighted by Crippen LogP contribution is -2.39. The summed E-state index contributed by atoms with van der Waals surface area (Å²) in [6.07, 6.45) is 1.69. The molecule has 1 aromatic rings. The fraction of sp³-hybridized carbons (Fsp3) is 0.545. The second kappa shape index (κ2) is 5.58. The van der Waals surface area contributed by atoms with E-state index in [0.717, 1.165) is 10.8 Å². The van der Waals surface area contributed by atoms with Gasteiger partial charge in [0.05, 0.1) is 5.56 Å². The number of aromatic nitrogens is 2. The Morgan fingerprint density at radius 1 is 1.53 bits per heavy atom. The van der Waals surface area contributed by atoms with E-state index >= 15 is 0 Å².